The number of nitrogens with zero attached hydrogens (tertiary/aromatic N) is 5. The van der Waals surface area contributed by atoms with Gasteiger partial charge in [-0.2, -0.15) is 18.4 Å². The lowest BCUT2D eigenvalue weighted by Crippen LogP contribution is -2.30. The summed E-state index contributed by atoms with van der Waals surface area (Å²) in [6.45, 7) is 1.46. The van der Waals surface area contributed by atoms with Gasteiger partial charge < -0.3 is 4.90 Å². The van der Waals surface area contributed by atoms with Crippen LogP contribution in [0, 0.1) is 11.3 Å². The predicted octanol–water partition coefficient (Wildman–Crippen LogP) is 3.15. The van der Waals surface area contributed by atoms with Crippen molar-refractivity contribution in [3.05, 3.63) is 35.5 Å². The molecular formula is C15H14F3N5. The Balaban J connectivity index is 2.05. The van der Waals surface area contributed by atoms with E-state index < -0.39 is 11.7 Å². The standard InChI is InChI=1S/C15H14F3N5/c16-15(17,18)11-6-2-3-7-13(11)23-20-12(10-19)14(21-23)22-8-4-1-5-9-22/h2-3,6-7H,1,4-5,8-9H2. The van der Waals surface area contributed by atoms with Crippen LogP contribution in [-0.4, -0.2) is 28.1 Å². The summed E-state index contributed by atoms with van der Waals surface area (Å²) < 4.78 is 39.4. The second kappa shape index (κ2) is 5.91. The zero-order chi connectivity index (χ0) is 16.4. The number of aromatic nitrogens is 3. The van der Waals surface area contributed by atoms with Crippen LogP contribution in [0.4, 0.5) is 19.0 Å². The number of hydrogen-bond donors (Lipinski definition) is 0. The number of piperidine rings is 1. The summed E-state index contributed by atoms with van der Waals surface area (Å²) in [5.74, 6) is 0.351. The average molecular weight is 321 g/mol. The molecule has 0 aliphatic carbocycles. The molecule has 1 aliphatic heterocycles. The van der Waals surface area contributed by atoms with Gasteiger partial charge in [0.05, 0.1) is 11.3 Å². The molecule has 0 spiro atoms. The Hall–Kier alpha value is -2.56. The predicted molar refractivity (Wildman–Crippen MR) is 77.1 cm³/mol. The second-order valence-electron chi connectivity index (χ2n) is 5.34. The lowest BCUT2D eigenvalue weighted by Gasteiger charge is -2.26. The lowest BCUT2D eigenvalue weighted by atomic mass is 10.1. The summed E-state index contributed by atoms with van der Waals surface area (Å²) in [5.41, 5.74) is -0.965. The third-order valence-corrected chi connectivity index (χ3v) is 3.78. The van der Waals surface area contributed by atoms with Gasteiger partial charge in [-0.1, -0.05) is 12.1 Å². The zero-order valence-corrected chi connectivity index (χ0v) is 12.2. The van der Waals surface area contributed by atoms with Crippen molar-refractivity contribution >= 4 is 5.82 Å². The molecule has 2 aromatic rings. The molecule has 0 unspecified atom stereocenters. The highest BCUT2D eigenvalue weighted by Gasteiger charge is 2.34. The van der Waals surface area contributed by atoms with Crippen molar-refractivity contribution in [2.45, 2.75) is 25.4 Å². The number of benzene rings is 1. The first-order valence-electron chi connectivity index (χ1n) is 7.29. The van der Waals surface area contributed by atoms with Crippen LogP contribution in [-0.2, 0) is 6.18 Å². The van der Waals surface area contributed by atoms with E-state index in [-0.39, 0.29) is 11.4 Å². The van der Waals surface area contributed by atoms with Crippen LogP contribution in [0.3, 0.4) is 0 Å². The lowest BCUT2D eigenvalue weighted by molar-refractivity contribution is -0.137. The van der Waals surface area contributed by atoms with Gasteiger partial charge in [0.15, 0.2) is 5.82 Å². The van der Waals surface area contributed by atoms with Gasteiger partial charge >= 0.3 is 6.18 Å². The van der Waals surface area contributed by atoms with Crippen molar-refractivity contribution < 1.29 is 13.2 Å². The van der Waals surface area contributed by atoms with E-state index in [1.54, 1.807) is 0 Å². The Morgan fingerprint density at radius 2 is 1.74 bits per heavy atom. The summed E-state index contributed by atoms with van der Waals surface area (Å²) in [6.07, 6.45) is -1.47. The third kappa shape index (κ3) is 2.99. The molecule has 0 bridgehead atoms. The van der Waals surface area contributed by atoms with Crippen LogP contribution in [0.5, 0.6) is 0 Å². The zero-order valence-electron chi connectivity index (χ0n) is 12.2. The Labute approximate surface area is 130 Å². The summed E-state index contributed by atoms with van der Waals surface area (Å²) >= 11 is 0. The van der Waals surface area contributed by atoms with Crippen molar-refractivity contribution in [3.63, 3.8) is 0 Å². The van der Waals surface area contributed by atoms with Crippen molar-refractivity contribution in [3.8, 4) is 11.8 Å². The quantitative estimate of drug-likeness (QED) is 0.852. The minimum absolute atomic E-state index is 0.0453. The number of hydrogen-bond acceptors (Lipinski definition) is 4. The van der Waals surface area contributed by atoms with E-state index in [9.17, 15) is 18.4 Å². The first-order valence-corrected chi connectivity index (χ1v) is 7.29. The van der Waals surface area contributed by atoms with Crippen LogP contribution in [0.2, 0.25) is 0 Å². The van der Waals surface area contributed by atoms with Gasteiger partial charge in [0.25, 0.3) is 0 Å². The number of anilines is 1. The summed E-state index contributed by atoms with van der Waals surface area (Å²) in [4.78, 5) is 2.81. The number of alkyl halides is 3. The van der Waals surface area contributed by atoms with Gasteiger partial charge in [0.1, 0.15) is 6.07 Å². The van der Waals surface area contributed by atoms with Crippen molar-refractivity contribution in [1.82, 2.24) is 15.0 Å². The van der Waals surface area contributed by atoms with Crippen molar-refractivity contribution in [1.29, 1.82) is 5.26 Å². The molecule has 1 fully saturated rings. The van der Waals surface area contributed by atoms with Gasteiger partial charge in [-0.25, -0.2) is 0 Å². The second-order valence-corrected chi connectivity index (χ2v) is 5.34. The molecule has 2 heterocycles. The number of halogens is 3. The molecule has 1 aromatic carbocycles. The molecule has 23 heavy (non-hydrogen) atoms. The van der Waals surface area contributed by atoms with Gasteiger partial charge in [-0.3, -0.25) is 0 Å². The van der Waals surface area contributed by atoms with E-state index in [4.69, 9.17) is 0 Å². The van der Waals surface area contributed by atoms with Crippen LogP contribution < -0.4 is 4.90 Å². The van der Waals surface area contributed by atoms with E-state index >= 15 is 0 Å². The van der Waals surface area contributed by atoms with Gasteiger partial charge in [0.2, 0.25) is 5.69 Å². The third-order valence-electron chi connectivity index (χ3n) is 3.78. The highest BCUT2D eigenvalue weighted by atomic mass is 19.4. The van der Waals surface area contributed by atoms with Crippen LogP contribution >= 0.6 is 0 Å². The van der Waals surface area contributed by atoms with E-state index in [2.05, 4.69) is 10.2 Å². The van der Waals surface area contributed by atoms with Gasteiger partial charge in [0, 0.05) is 13.1 Å². The monoisotopic (exact) mass is 321 g/mol. The minimum atomic E-state index is -4.51. The highest BCUT2D eigenvalue weighted by Crippen LogP contribution is 2.33. The van der Waals surface area contributed by atoms with Crippen LogP contribution in [0.25, 0.3) is 5.69 Å². The SMILES string of the molecule is N#Cc1nn(-c2ccccc2C(F)(F)F)nc1N1CCCCC1. The largest absolute Gasteiger partial charge is 0.418 e. The summed E-state index contributed by atoms with van der Waals surface area (Å²) in [5, 5.41) is 17.3. The first kappa shape index (κ1) is 15.3. The Morgan fingerprint density at radius 3 is 2.39 bits per heavy atom. The molecule has 0 amide bonds. The van der Waals surface area contributed by atoms with E-state index in [1.807, 2.05) is 11.0 Å². The molecule has 120 valence electrons. The highest BCUT2D eigenvalue weighted by molar-refractivity contribution is 5.51. The molecule has 0 atom stereocenters. The Morgan fingerprint density at radius 1 is 1.04 bits per heavy atom. The smallest absolute Gasteiger partial charge is 0.353 e. The first-order chi connectivity index (χ1) is 11.0. The fourth-order valence-electron chi connectivity index (χ4n) is 2.69. The molecule has 1 aromatic heterocycles. The van der Waals surface area contributed by atoms with Crippen molar-refractivity contribution in [2.75, 3.05) is 18.0 Å². The molecule has 0 radical (unpaired) electrons. The molecule has 5 nitrogen and oxygen atoms in total. The topological polar surface area (TPSA) is 57.7 Å². The summed E-state index contributed by atoms with van der Waals surface area (Å²) in [7, 11) is 0. The van der Waals surface area contributed by atoms with E-state index in [0.717, 1.165) is 43.2 Å². The number of rotatable bonds is 2. The van der Waals surface area contributed by atoms with Gasteiger partial charge in [-0.15, -0.1) is 15.0 Å². The van der Waals surface area contributed by atoms with Crippen LogP contribution in [0.1, 0.15) is 30.5 Å². The molecular weight excluding hydrogens is 307 g/mol. The van der Waals surface area contributed by atoms with E-state index in [1.165, 1.54) is 18.2 Å². The number of para-hydroxylation sites is 1. The van der Waals surface area contributed by atoms with Crippen molar-refractivity contribution in [2.24, 2.45) is 0 Å². The summed E-state index contributed by atoms with van der Waals surface area (Å²) in [6, 6.07) is 7.00. The molecule has 0 N–H and O–H groups in total. The molecule has 1 saturated heterocycles. The Bertz CT molecular complexity index is 738. The van der Waals surface area contributed by atoms with E-state index in [0.29, 0.717) is 5.82 Å². The maximum absolute atomic E-state index is 13.1. The normalized spacial score (nSPS) is 15.5. The average Bonchev–Trinajstić information content (AvgIpc) is 2.99. The van der Waals surface area contributed by atoms with Gasteiger partial charge in [-0.05, 0) is 31.4 Å². The van der Waals surface area contributed by atoms with Crippen LogP contribution in [0.15, 0.2) is 24.3 Å². The molecule has 3 rings (SSSR count). The fourth-order valence-corrected chi connectivity index (χ4v) is 2.69. The maximum atomic E-state index is 13.1. The maximum Gasteiger partial charge on any atom is 0.418 e. The minimum Gasteiger partial charge on any atom is -0.353 e. The number of nitriles is 1. The fraction of sp³-hybridized carbons (Fsp3) is 0.400. The Kier molecular flexibility index (Phi) is 3.94. The molecule has 0 saturated carbocycles. The molecule has 8 heteroatoms. The molecule has 1 aliphatic rings.